The highest BCUT2D eigenvalue weighted by atomic mass is 35.5. The van der Waals surface area contributed by atoms with E-state index in [1.165, 1.54) is 5.69 Å². The summed E-state index contributed by atoms with van der Waals surface area (Å²) in [6.07, 6.45) is 2.14. The standard InChI is InChI=1S/C18H29N3O.2ClH/c1-18(2,3)16(19)17(22)20(4)15-11-8-12-21(13-15)14-9-6-5-7-10-14;;/h5-7,9-10,15-16H,8,11-13,19H2,1-4H3;2*1H/t15?,16-;;/m1../s1. The molecule has 1 heterocycles. The van der Waals surface area contributed by atoms with Gasteiger partial charge in [-0.1, -0.05) is 39.0 Å². The van der Waals surface area contributed by atoms with E-state index < -0.39 is 6.04 Å². The van der Waals surface area contributed by atoms with Gasteiger partial charge in [0.25, 0.3) is 0 Å². The van der Waals surface area contributed by atoms with Gasteiger partial charge in [0.05, 0.1) is 6.04 Å². The fraction of sp³-hybridized carbons (Fsp3) is 0.611. The van der Waals surface area contributed by atoms with E-state index in [-0.39, 0.29) is 42.2 Å². The van der Waals surface area contributed by atoms with Crippen molar-refractivity contribution < 1.29 is 4.79 Å². The maximum atomic E-state index is 12.6. The summed E-state index contributed by atoms with van der Waals surface area (Å²) in [6.45, 7) is 7.97. The van der Waals surface area contributed by atoms with E-state index in [2.05, 4.69) is 29.2 Å². The van der Waals surface area contributed by atoms with Crippen LogP contribution in [0.2, 0.25) is 0 Å². The molecule has 1 saturated heterocycles. The molecule has 1 aliphatic heterocycles. The molecule has 0 aliphatic carbocycles. The molecule has 1 fully saturated rings. The van der Waals surface area contributed by atoms with Gasteiger partial charge in [-0.05, 0) is 30.4 Å². The Morgan fingerprint density at radius 1 is 1.25 bits per heavy atom. The van der Waals surface area contributed by atoms with E-state index in [9.17, 15) is 4.79 Å². The third-order valence-electron chi connectivity index (χ3n) is 4.61. The lowest BCUT2D eigenvalue weighted by Gasteiger charge is -2.40. The second-order valence-electron chi connectivity index (χ2n) is 7.37. The van der Waals surface area contributed by atoms with Crippen LogP contribution in [0.15, 0.2) is 30.3 Å². The molecule has 1 aliphatic rings. The number of hydrogen-bond acceptors (Lipinski definition) is 3. The smallest absolute Gasteiger partial charge is 0.240 e. The second-order valence-corrected chi connectivity index (χ2v) is 7.37. The number of amides is 1. The third kappa shape index (κ3) is 5.54. The number of likely N-dealkylation sites (N-methyl/N-ethyl adjacent to an activating group) is 1. The average molecular weight is 376 g/mol. The minimum absolute atomic E-state index is 0. The Hall–Kier alpha value is -0.970. The van der Waals surface area contributed by atoms with Crippen LogP contribution in [0.4, 0.5) is 5.69 Å². The zero-order chi connectivity index (χ0) is 16.3. The summed E-state index contributed by atoms with van der Waals surface area (Å²) in [5.41, 5.74) is 7.16. The molecule has 24 heavy (non-hydrogen) atoms. The van der Waals surface area contributed by atoms with Crippen LogP contribution in [0.1, 0.15) is 33.6 Å². The molecule has 138 valence electrons. The van der Waals surface area contributed by atoms with Gasteiger partial charge in [0, 0.05) is 31.9 Å². The van der Waals surface area contributed by atoms with Crippen molar-refractivity contribution in [3.05, 3.63) is 30.3 Å². The van der Waals surface area contributed by atoms with Crippen LogP contribution in [0.25, 0.3) is 0 Å². The molecule has 2 rings (SSSR count). The third-order valence-corrected chi connectivity index (χ3v) is 4.61. The first-order valence-corrected chi connectivity index (χ1v) is 8.13. The second kappa shape index (κ2) is 9.50. The molecule has 4 nitrogen and oxygen atoms in total. The minimum atomic E-state index is -0.454. The van der Waals surface area contributed by atoms with E-state index in [1.807, 2.05) is 38.8 Å². The van der Waals surface area contributed by atoms with Crippen molar-refractivity contribution >= 4 is 36.4 Å². The summed E-state index contributed by atoms with van der Waals surface area (Å²) in [5.74, 6) is 0.0485. The minimum Gasteiger partial charge on any atom is -0.369 e. The number of nitrogens with two attached hydrogens (primary N) is 1. The lowest BCUT2D eigenvalue weighted by molar-refractivity contribution is -0.135. The molecule has 6 heteroatoms. The van der Waals surface area contributed by atoms with Crippen LogP contribution >= 0.6 is 24.8 Å². The first-order chi connectivity index (χ1) is 10.3. The molecule has 0 spiro atoms. The molecule has 0 aromatic heterocycles. The van der Waals surface area contributed by atoms with Crippen LogP contribution < -0.4 is 10.6 Å². The van der Waals surface area contributed by atoms with Gasteiger partial charge >= 0.3 is 0 Å². The van der Waals surface area contributed by atoms with Gasteiger partial charge in [-0.25, -0.2) is 0 Å². The van der Waals surface area contributed by atoms with E-state index in [1.54, 1.807) is 0 Å². The number of carbonyl (C=O) groups is 1. The highest BCUT2D eigenvalue weighted by Gasteiger charge is 2.33. The maximum Gasteiger partial charge on any atom is 0.240 e. The highest BCUT2D eigenvalue weighted by molar-refractivity contribution is 5.85. The van der Waals surface area contributed by atoms with Crippen molar-refractivity contribution in [3.8, 4) is 0 Å². The Balaban J connectivity index is 0.00000264. The number of hydrogen-bond donors (Lipinski definition) is 1. The number of halogens is 2. The quantitative estimate of drug-likeness (QED) is 0.880. The van der Waals surface area contributed by atoms with E-state index in [0.717, 1.165) is 25.9 Å². The van der Waals surface area contributed by atoms with Crippen molar-refractivity contribution in [1.29, 1.82) is 0 Å². The molecule has 2 atom stereocenters. The molecular weight excluding hydrogens is 345 g/mol. The Labute approximate surface area is 158 Å². The van der Waals surface area contributed by atoms with Gasteiger partial charge in [0.15, 0.2) is 0 Å². The Kier molecular flexibility index (Phi) is 9.11. The number of carbonyl (C=O) groups excluding carboxylic acids is 1. The maximum absolute atomic E-state index is 12.6. The van der Waals surface area contributed by atoms with Crippen LogP contribution in [0, 0.1) is 5.41 Å². The summed E-state index contributed by atoms with van der Waals surface area (Å²) in [5, 5.41) is 0. The lowest BCUT2D eigenvalue weighted by Crippen LogP contribution is -2.55. The predicted octanol–water partition coefficient (Wildman–Crippen LogP) is 3.33. The number of nitrogens with zero attached hydrogens (tertiary/aromatic N) is 2. The van der Waals surface area contributed by atoms with Crippen molar-refractivity contribution in [2.75, 3.05) is 25.0 Å². The van der Waals surface area contributed by atoms with Crippen LogP contribution in [0.5, 0.6) is 0 Å². The SMILES string of the molecule is CN(C(=O)[C@@H](N)C(C)(C)C)C1CCCN(c2ccccc2)C1.Cl.Cl. The average Bonchev–Trinajstić information content (AvgIpc) is 2.53. The number of piperidine rings is 1. The van der Waals surface area contributed by atoms with E-state index in [4.69, 9.17) is 5.73 Å². The Bertz CT molecular complexity index is 505. The molecule has 1 unspecified atom stereocenters. The summed E-state index contributed by atoms with van der Waals surface area (Å²) in [6, 6.07) is 10.2. The molecule has 1 aromatic carbocycles. The molecule has 1 amide bonds. The molecule has 0 radical (unpaired) electrons. The first-order valence-electron chi connectivity index (χ1n) is 8.13. The fourth-order valence-corrected chi connectivity index (χ4v) is 2.91. The fourth-order valence-electron chi connectivity index (χ4n) is 2.91. The van der Waals surface area contributed by atoms with Gasteiger partial charge in [0.1, 0.15) is 0 Å². The van der Waals surface area contributed by atoms with Crippen molar-refractivity contribution in [2.24, 2.45) is 11.1 Å². The van der Waals surface area contributed by atoms with Gasteiger partial charge < -0.3 is 15.5 Å². The number of benzene rings is 1. The van der Waals surface area contributed by atoms with Crippen LogP contribution in [-0.4, -0.2) is 43.0 Å². The van der Waals surface area contributed by atoms with Crippen molar-refractivity contribution in [3.63, 3.8) is 0 Å². The van der Waals surface area contributed by atoms with Crippen LogP contribution in [-0.2, 0) is 4.79 Å². The molecule has 0 saturated carbocycles. The highest BCUT2D eigenvalue weighted by Crippen LogP contribution is 2.24. The predicted molar refractivity (Wildman–Crippen MR) is 106 cm³/mol. The normalized spacial score (nSPS) is 18.9. The Morgan fingerprint density at radius 2 is 1.83 bits per heavy atom. The largest absolute Gasteiger partial charge is 0.369 e. The van der Waals surface area contributed by atoms with Gasteiger partial charge in [-0.2, -0.15) is 0 Å². The summed E-state index contributed by atoms with van der Waals surface area (Å²) < 4.78 is 0. The summed E-state index contributed by atoms with van der Waals surface area (Å²) in [4.78, 5) is 16.8. The zero-order valence-electron chi connectivity index (χ0n) is 15.1. The van der Waals surface area contributed by atoms with Gasteiger partial charge in [0.2, 0.25) is 5.91 Å². The van der Waals surface area contributed by atoms with E-state index in [0.29, 0.717) is 0 Å². The number of para-hydroxylation sites is 1. The summed E-state index contributed by atoms with van der Waals surface area (Å²) >= 11 is 0. The van der Waals surface area contributed by atoms with E-state index >= 15 is 0 Å². The molecular formula is C18H31Cl2N3O. The number of anilines is 1. The molecule has 1 aromatic rings. The van der Waals surface area contributed by atoms with Gasteiger partial charge in [-0.15, -0.1) is 24.8 Å². The van der Waals surface area contributed by atoms with Gasteiger partial charge in [-0.3, -0.25) is 4.79 Å². The lowest BCUT2D eigenvalue weighted by atomic mass is 9.86. The topological polar surface area (TPSA) is 49.6 Å². The Morgan fingerprint density at radius 3 is 2.38 bits per heavy atom. The monoisotopic (exact) mass is 375 g/mol. The first kappa shape index (κ1) is 23.0. The van der Waals surface area contributed by atoms with Crippen molar-refractivity contribution in [2.45, 2.75) is 45.7 Å². The zero-order valence-corrected chi connectivity index (χ0v) is 16.7. The van der Waals surface area contributed by atoms with Crippen LogP contribution in [0.3, 0.4) is 0 Å². The number of rotatable bonds is 3. The van der Waals surface area contributed by atoms with Crippen molar-refractivity contribution in [1.82, 2.24) is 4.90 Å². The molecule has 2 N–H and O–H groups in total. The molecule has 0 bridgehead atoms. The summed E-state index contributed by atoms with van der Waals surface area (Å²) in [7, 11) is 1.90.